The first-order chi connectivity index (χ1) is 11.0. The zero-order valence-electron chi connectivity index (χ0n) is 12.3. The topological polar surface area (TPSA) is 72.6 Å². The normalized spacial score (nSPS) is 13.5. The van der Waals surface area contributed by atoms with Crippen LogP contribution in [0.25, 0.3) is 0 Å². The second-order valence-electron chi connectivity index (χ2n) is 5.23. The van der Waals surface area contributed by atoms with Gasteiger partial charge in [-0.2, -0.15) is 0 Å². The maximum Gasteiger partial charge on any atom is 0.260 e. The van der Waals surface area contributed by atoms with E-state index in [2.05, 4.69) is 0 Å². The highest BCUT2D eigenvalue weighted by Gasteiger charge is 2.22. The van der Waals surface area contributed by atoms with Crippen molar-refractivity contribution in [2.75, 3.05) is 13.2 Å². The number of primary amides is 1. The minimum absolute atomic E-state index is 0.128. The second-order valence-corrected chi connectivity index (χ2v) is 6.66. The van der Waals surface area contributed by atoms with Gasteiger partial charge >= 0.3 is 0 Å². The number of nitrogens with two attached hydrogens (primary N) is 1. The van der Waals surface area contributed by atoms with Gasteiger partial charge < -0.3 is 15.4 Å². The molecule has 2 amide bonds. The number of ether oxygens (including phenoxy) is 1. The van der Waals surface area contributed by atoms with Crippen LogP contribution in [0.5, 0.6) is 5.75 Å². The van der Waals surface area contributed by atoms with Crippen LogP contribution >= 0.6 is 22.9 Å². The van der Waals surface area contributed by atoms with Crippen LogP contribution in [0.3, 0.4) is 0 Å². The molecule has 23 heavy (non-hydrogen) atoms. The fourth-order valence-corrected chi connectivity index (χ4v) is 3.56. The van der Waals surface area contributed by atoms with E-state index in [0.29, 0.717) is 18.1 Å². The lowest BCUT2D eigenvalue weighted by molar-refractivity contribution is -0.134. The van der Waals surface area contributed by atoms with E-state index in [1.54, 1.807) is 22.3 Å². The van der Waals surface area contributed by atoms with Gasteiger partial charge in [0.2, 0.25) is 0 Å². The standard InChI is InChI=1S/C16H15ClN2O3S/c17-11-1-2-12(16(18)21)13(7-11)22-9-15(20)19-5-3-14-10(8-19)4-6-23-14/h1-2,4,6-7H,3,5,8-9H2,(H2,18,21). The summed E-state index contributed by atoms with van der Waals surface area (Å²) in [5.74, 6) is -0.520. The molecule has 1 aromatic heterocycles. The Kier molecular flexibility index (Phi) is 4.54. The number of fused-ring (bicyclic) bond motifs is 1. The van der Waals surface area contributed by atoms with Crippen LogP contribution in [0, 0.1) is 0 Å². The summed E-state index contributed by atoms with van der Waals surface area (Å²) in [6.07, 6.45) is 0.864. The van der Waals surface area contributed by atoms with Crippen LogP contribution < -0.4 is 10.5 Å². The smallest absolute Gasteiger partial charge is 0.260 e. The zero-order valence-corrected chi connectivity index (χ0v) is 13.8. The van der Waals surface area contributed by atoms with Crippen LogP contribution in [0.1, 0.15) is 20.8 Å². The van der Waals surface area contributed by atoms with Crippen LogP contribution in [0.15, 0.2) is 29.6 Å². The molecule has 7 heteroatoms. The van der Waals surface area contributed by atoms with E-state index in [-0.39, 0.29) is 23.8 Å². The molecule has 120 valence electrons. The van der Waals surface area contributed by atoms with Gasteiger partial charge in [0.05, 0.1) is 5.56 Å². The molecule has 2 heterocycles. The second kappa shape index (κ2) is 6.60. The van der Waals surface area contributed by atoms with E-state index in [4.69, 9.17) is 22.1 Å². The average molecular weight is 351 g/mol. The Hall–Kier alpha value is -2.05. The highest BCUT2D eigenvalue weighted by atomic mass is 35.5. The molecule has 5 nitrogen and oxygen atoms in total. The third kappa shape index (κ3) is 3.48. The van der Waals surface area contributed by atoms with Gasteiger partial charge in [-0.3, -0.25) is 9.59 Å². The maximum atomic E-state index is 12.3. The minimum Gasteiger partial charge on any atom is -0.483 e. The number of thiophene rings is 1. The predicted molar refractivity (Wildman–Crippen MR) is 88.9 cm³/mol. The van der Waals surface area contributed by atoms with E-state index in [0.717, 1.165) is 6.42 Å². The molecule has 2 N–H and O–H groups in total. The van der Waals surface area contributed by atoms with E-state index in [9.17, 15) is 9.59 Å². The monoisotopic (exact) mass is 350 g/mol. The lowest BCUT2D eigenvalue weighted by Crippen LogP contribution is -2.38. The van der Waals surface area contributed by atoms with Crippen molar-refractivity contribution in [3.8, 4) is 5.75 Å². The molecule has 0 spiro atoms. The summed E-state index contributed by atoms with van der Waals surface area (Å²) in [7, 11) is 0. The Morgan fingerprint density at radius 2 is 2.17 bits per heavy atom. The Bertz CT molecular complexity index is 760. The van der Waals surface area contributed by atoms with Crippen LogP contribution in [-0.2, 0) is 17.8 Å². The molecule has 0 radical (unpaired) electrons. The van der Waals surface area contributed by atoms with Gasteiger partial charge in [0.1, 0.15) is 5.75 Å². The molecule has 0 saturated carbocycles. The summed E-state index contributed by atoms with van der Waals surface area (Å²) < 4.78 is 5.49. The van der Waals surface area contributed by atoms with E-state index in [1.807, 2.05) is 11.4 Å². The fraction of sp³-hybridized carbons (Fsp3) is 0.250. The van der Waals surface area contributed by atoms with Gasteiger partial charge in [-0.25, -0.2) is 0 Å². The molecule has 0 saturated heterocycles. The van der Waals surface area contributed by atoms with Crippen LogP contribution in [0.2, 0.25) is 5.02 Å². The molecule has 0 fully saturated rings. The largest absolute Gasteiger partial charge is 0.483 e. The number of rotatable bonds is 4. The lowest BCUT2D eigenvalue weighted by Gasteiger charge is -2.27. The van der Waals surface area contributed by atoms with Crippen molar-refractivity contribution in [1.29, 1.82) is 0 Å². The SMILES string of the molecule is NC(=O)c1ccc(Cl)cc1OCC(=O)N1CCc2sccc2C1. The minimum atomic E-state index is -0.620. The summed E-state index contributed by atoms with van der Waals surface area (Å²) >= 11 is 7.62. The Labute approximate surface area is 142 Å². The summed E-state index contributed by atoms with van der Waals surface area (Å²) in [4.78, 5) is 26.8. The summed E-state index contributed by atoms with van der Waals surface area (Å²) in [6.45, 7) is 1.12. The predicted octanol–water partition coefficient (Wildman–Crippen LogP) is 2.46. The van der Waals surface area contributed by atoms with Crippen LogP contribution in [-0.4, -0.2) is 29.9 Å². The van der Waals surface area contributed by atoms with Crippen molar-refractivity contribution in [3.63, 3.8) is 0 Å². The number of hydrogen-bond donors (Lipinski definition) is 1. The van der Waals surface area contributed by atoms with E-state index in [1.165, 1.54) is 22.6 Å². The number of carbonyl (C=O) groups is 2. The highest BCUT2D eigenvalue weighted by molar-refractivity contribution is 7.10. The lowest BCUT2D eigenvalue weighted by atomic mass is 10.1. The van der Waals surface area contributed by atoms with Crippen molar-refractivity contribution in [2.45, 2.75) is 13.0 Å². The molecule has 0 bridgehead atoms. The fourth-order valence-electron chi connectivity index (χ4n) is 2.51. The number of carbonyl (C=O) groups excluding carboxylic acids is 2. The van der Waals surface area contributed by atoms with Gasteiger partial charge in [0, 0.05) is 23.0 Å². The van der Waals surface area contributed by atoms with Crippen LogP contribution in [0.4, 0.5) is 0 Å². The molecule has 1 aromatic carbocycles. The summed E-state index contributed by atoms with van der Waals surface area (Å²) in [5.41, 5.74) is 6.70. The number of amides is 2. The first kappa shape index (κ1) is 15.8. The molecular formula is C16H15ClN2O3S. The highest BCUT2D eigenvalue weighted by Crippen LogP contribution is 2.25. The third-order valence-corrected chi connectivity index (χ3v) is 4.98. The zero-order chi connectivity index (χ0) is 16.4. The van der Waals surface area contributed by atoms with E-state index < -0.39 is 5.91 Å². The van der Waals surface area contributed by atoms with Crippen molar-refractivity contribution in [2.24, 2.45) is 5.73 Å². The van der Waals surface area contributed by atoms with Gasteiger partial charge in [-0.15, -0.1) is 11.3 Å². The molecule has 0 atom stereocenters. The number of halogens is 1. The Morgan fingerprint density at radius 3 is 2.96 bits per heavy atom. The van der Waals surface area contributed by atoms with Gasteiger partial charge in [0.15, 0.2) is 6.61 Å². The summed E-state index contributed by atoms with van der Waals surface area (Å²) in [6, 6.07) is 6.58. The molecule has 0 unspecified atom stereocenters. The number of hydrogen-bond acceptors (Lipinski definition) is 4. The molecule has 1 aliphatic rings. The average Bonchev–Trinajstić information content (AvgIpc) is 2.99. The van der Waals surface area contributed by atoms with Gasteiger partial charge in [0.25, 0.3) is 11.8 Å². The quantitative estimate of drug-likeness (QED) is 0.920. The molecule has 0 aliphatic carbocycles. The van der Waals surface area contributed by atoms with Crippen molar-refractivity contribution in [3.05, 3.63) is 50.7 Å². The van der Waals surface area contributed by atoms with Crippen molar-refractivity contribution < 1.29 is 14.3 Å². The van der Waals surface area contributed by atoms with Gasteiger partial charge in [-0.05, 0) is 41.6 Å². The Balaban J connectivity index is 1.66. The third-order valence-electron chi connectivity index (χ3n) is 3.72. The van der Waals surface area contributed by atoms with Crippen molar-refractivity contribution in [1.82, 2.24) is 4.90 Å². The maximum absolute atomic E-state index is 12.3. The molecular weight excluding hydrogens is 336 g/mol. The summed E-state index contributed by atoms with van der Waals surface area (Å²) in [5, 5.41) is 2.46. The number of benzene rings is 1. The first-order valence-corrected chi connectivity index (χ1v) is 8.35. The molecule has 3 rings (SSSR count). The first-order valence-electron chi connectivity index (χ1n) is 7.10. The Morgan fingerprint density at radius 1 is 1.35 bits per heavy atom. The molecule has 1 aliphatic heterocycles. The number of nitrogens with zero attached hydrogens (tertiary/aromatic N) is 1. The van der Waals surface area contributed by atoms with E-state index >= 15 is 0 Å². The van der Waals surface area contributed by atoms with Gasteiger partial charge in [-0.1, -0.05) is 11.6 Å². The van der Waals surface area contributed by atoms with Crippen molar-refractivity contribution >= 4 is 34.8 Å². The molecule has 2 aromatic rings.